The number of hydrogen-bond donors (Lipinski definition) is 1. The van der Waals surface area contributed by atoms with E-state index in [1.54, 1.807) is 0 Å². The molecule has 1 aliphatic carbocycles. The number of aromatic nitrogens is 1. The summed E-state index contributed by atoms with van der Waals surface area (Å²) in [4.78, 5) is 0. The number of fused-ring (bicyclic) bond motifs is 1. The highest BCUT2D eigenvalue weighted by molar-refractivity contribution is 5.84. The Morgan fingerprint density at radius 1 is 1.12 bits per heavy atom. The van der Waals surface area contributed by atoms with Gasteiger partial charge in [0.1, 0.15) is 0 Å². The highest BCUT2D eigenvalue weighted by Crippen LogP contribution is 2.38. The first kappa shape index (κ1) is 10.8. The van der Waals surface area contributed by atoms with Crippen LogP contribution in [0.1, 0.15) is 37.7 Å². The maximum atomic E-state index is 6.65. The monoisotopic (exact) mass is 228 g/mol. The first-order valence-corrected chi connectivity index (χ1v) is 6.54. The van der Waals surface area contributed by atoms with Gasteiger partial charge in [0.15, 0.2) is 0 Å². The Labute approximate surface area is 102 Å². The lowest BCUT2D eigenvalue weighted by Crippen LogP contribution is -2.38. The molecule has 1 fully saturated rings. The van der Waals surface area contributed by atoms with Gasteiger partial charge in [-0.3, -0.25) is 0 Å². The smallest absolute Gasteiger partial charge is 0.0481 e. The van der Waals surface area contributed by atoms with Crippen LogP contribution < -0.4 is 5.73 Å². The number of aryl methyl sites for hydroxylation is 1. The normalized spacial score (nSPS) is 19.6. The zero-order valence-corrected chi connectivity index (χ0v) is 10.4. The minimum Gasteiger partial charge on any atom is -0.351 e. The molecule has 0 bridgehead atoms. The lowest BCUT2D eigenvalue weighted by Gasteiger charge is -2.34. The second-order valence-electron chi connectivity index (χ2n) is 5.38. The zero-order valence-electron chi connectivity index (χ0n) is 10.4. The molecule has 2 N–H and O–H groups in total. The molecule has 17 heavy (non-hydrogen) atoms. The van der Waals surface area contributed by atoms with Crippen LogP contribution in [0.25, 0.3) is 10.9 Å². The summed E-state index contributed by atoms with van der Waals surface area (Å²) < 4.78 is 2.17. The molecule has 1 heterocycles. The van der Waals surface area contributed by atoms with Crippen molar-refractivity contribution in [1.82, 2.24) is 4.57 Å². The van der Waals surface area contributed by atoms with Crippen LogP contribution in [0.5, 0.6) is 0 Å². The molecule has 90 valence electrons. The third-order valence-corrected chi connectivity index (χ3v) is 4.21. The van der Waals surface area contributed by atoms with Gasteiger partial charge >= 0.3 is 0 Å². The van der Waals surface area contributed by atoms with E-state index < -0.39 is 0 Å². The molecule has 0 radical (unpaired) electrons. The van der Waals surface area contributed by atoms with Crippen LogP contribution in [0.4, 0.5) is 0 Å². The number of nitrogens with zero attached hydrogens (tertiary/aromatic N) is 1. The van der Waals surface area contributed by atoms with Gasteiger partial charge in [-0.15, -0.1) is 0 Å². The molecule has 2 heteroatoms. The molecule has 0 unspecified atom stereocenters. The van der Waals surface area contributed by atoms with Crippen LogP contribution >= 0.6 is 0 Å². The molecule has 0 aliphatic heterocycles. The summed E-state index contributed by atoms with van der Waals surface area (Å²) in [7, 11) is 2.09. The molecule has 2 nitrogen and oxygen atoms in total. The van der Waals surface area contributed by atoms with Gasteiger partial charge in [0.25, 0.3) is 0 Å². The van der Waals surface area contributed by atoms with E-state index in [1.165, 1.54) is 35.7 Å². The number of hydrogen-bond acceptors (Lipinski definition) is 1. The van der Waals surface area contributed by atoms with E-state index in [-0.39, 0.29) is 5.54 Å². The zero-order chi connectivity index (χ0) is 11.9. The van der Waals surface area contributed by atoms with Gasteiger partial charge in [-0.25, -0.2) is 0 Å². The molecule has 1 aliphatic rings. The van der Waals surface area contributed by atoms with Crippen molar-refractivity contribution in [1.29, 1.82) is 0 Å². The lowest BCUT2D eigenvalue weighted by atomic mass is 9.76. The van der Waals surface area contributed by atoms with Crippen molar-refractivity contribution in [3.63, 3.8) is 0 Å². The average Bonchev–Trinajstić information content (AvgIpc) is 2.72. The second kappa shape index (κ2) is 3.88. The highest BCUT2D eigenvalue weighted by Gasteiger charge is 2.30. The summed E-state index contributed by atoms with van der Waals surface area (Å²) in [5.41, 5.74) is 9.18. The molecule has 1 aromatic heterocycles. The molecule has 0 atom stereocenters. The third-order valence-electron chi connectivity index (χ3n) is 4.21. The Morgan fingerprint density at radius 2 is 1.88 bits per heavy atom. The van der Waals surface area contributed by atoms with Crippen molar-refractivity contribution in [2.24, 2.45) is 12.8 Å². The van der Waals surface area contributed by atoms with E-state index in [4.69, 9.17) is 5.73 Å². The fraction of sp³-hybridized carbons (Fsp3) is 0.467. The predicted octanol–water partition coefficient (Wildman–Crippen LogP) is 3.30. The maximum absolute atomic E-state index is 6.65. The molecule has 1 saturated carbocycles. The highest BCUT2D eigenvalue weighted by atomic mass is 14.9. The SMILES string of the molecule is Cn1ccc2c(C3(N)CCCCC3)cccc21. The maximum Gasteiger partial charge on any atom is 0.0481 e. The topological polar surface area (TPSA) is 30.9 Å². The molecule has 0 amide bonds. The molecular weight excluding hydrogens is 208 g/mol. The van der Waals surface area contributed by atoms with E-state index in [9.17, 15) is 0 Å². The Bertz CT molecular complexity index is 533. The summed E-state index contributed by atoms with van der Waals surface area (Å²) in [6.45, 7) is 0. The van der Waals surface area contributed by atoms with Crippen LogP contribution in [0.3, 0.4) is 0 Å². The molecule has 0 saturated heterocycles. The van der Waals surface area contributed by atoms with Gasteiger partial charge in [-0.05, 0) is 30.5 Å². The summed E-state index contributed by atoms with van der Waals surface area (Å²) in [6, 6.07) is 8.73. The molecular formula is C15H20N2. The molecule has 3 rings (SSSR count). The van der Waals surface area contributed by atoms with E-state index >= 15 is 0 Å². The first-order chi connectivity index (χ1) is 8.21. The number of benzene rings is 1. The van der Waals surface area contributed by atoms with Crippen LogP contribution in [0.2, 0.25) is 0 Å². The van der Waals surface area contributed by atoms with E-state index in [0.717, 1.165) is 12.8 Å². The van der Waals surface area contributed by atoms with Crippen molar-refractivity contribution < 1.29 is 0 Å². The largest absolute Gasteiger partial charge is 0.351 e. The molecule has 2 aromatic rings. The second-order valence-corrected chi connectivity index (χ2v) is 5.38. The Morgan fingerprint density at radius 3 is 2.65 bits per heavy atom. The fourth-order valence-corrected chi connectivity index (χ4v) is 3.19. The lowest BCUT2D eigenvalue weighted by molar-refractivity contribution is 0.304. The van der Waals surface area contributed by atoms with Crippen molar-refractivity contribution >= 4 is 10.9 Å². The average molecular weight is 228 g/mol. The van der Waals surface area contributed by atoms with E-state index in [0.29, 0.717) is 0 Å². The van der Waals surface area contributed by atoms with Gasteiger partial charge in [0, 0.05) is 29.7 Å². The van der Waals surface area contributed by atoms with Gasteiger partial charge in [0.05, 0.1) is 0 Å². The Kier molecular flexibility index (Phi) is 2.48. The van der Waals surface area contributed by atoms with E-state index in [2.05, 4.69) is 42.1 Å². The minimum atomic E-state index is -0.0981. The van der Waals surface area contributed by atoms with E-state index in [1.807, 2.05) is 0 Å². The van der Waals surface area contributed by atoms with Crippen LogP contribution in [-0.4, -0.2) is 4.57 Å². The number of nitrogens with two attached hydrogens (primary N) is 1. The van der Waals surface area contributed by atoms with Gasteiger partial charge in [-0.2, -0.15) is 0 Å². The van der Waals surface area contributed by atoms with Crippen LogP contribution in [0, 0.1) is 0 Å². The van der Waals surface area contributed by atoms with Crippen molar-refractivity contribution in [2.45, 2.75) is 37.6 Å². The standard InChI is InChI=1S/C15H20N2/c1-17-11-8-12-13(6-5-7-14(12)17)15(16)9-3-2-4-10-15/h5-8,11H,2-4,9-10,16H2,1H3. The van der Waals surface area contributed by atoms with Crippen LogP contribution in [-0.2, 0) is 12.6 Å². The molecule has 1 aromatic carbocycles. The fourth-order valence-electron chi connectivity index (χ4n) is 3.19. The van der Waals surface area contributed by atoms with Gasteiger partial charge in [-0.1, -0.05) is 31.4 Å². The first-order valence-electron chi connectivity index (χ1n) is 6.54. The van der Waals surface area contributed by atoms with Crippen molar-refractivity contribution in [2.75, 3.05) is 0 Å². The Balaban J connectivity index is 2.16. The summed E-state index contributed by atoms with van der Waals surface area (Å²) in [5.74, 6) is 0. The van der Waals surface area contributed by atoms with Gasteiger partial charge in [0.2, 0.25) is 0 Å². The molecule has 0 spiro atoms. The number of rotatable bonds is 1. The summed E-state index contributed by atoms with van der Waals surface area (Å²) in [6.07, 6.45) is 8.24. The quantitative estimate of drug-likeness (QED) is 0.797. The van der Waals surface area contributed by atoms with Crippen molar-refractivity contribution in [3.8, 4) is 0 Å². The summed E-state index contributed by atoms with van der Waals surface area (Å²) >= 11 is 0. The minimum absolute atomic E-state index is 0.0981. The predicted molar refractivity (Wildman–Crippen MR) is 71.9 cm³/mol. The summed E-state index contributed by atoms with van der Waals surface area (Å²) in [5, 5.41) is 1.33. The van der Waals surface area contributed by atoms with Crippen LogP contribution in [0.15, 0.2) is 30.5 Å². The Hall–Kier alpha value is -1.28. The van der Waals surface area contributed by atoms with Crippen molar-refractivity contribution in [3.05, 3.63) is 36.0 Å². The van der Waals surface area contributed by atoms with Gasteiger partial charge < -0.3 is 10.3 Å². The third kappa shape index (κ3) is 1.67.